The molecule has 0 radical (unpaired) electrons. The number of phenols is 1. The van der Waals surface area contributed by atoms with Crippen molar-refractivity contribution >= 4 is 22.2 Å². The highest BCUT2D eigenvalue weighted by atomic mass is 32.2. The van der Waals surface area contributed by atoms with Crippen LogP contribution in [0.3, 0.4) is 0 Å². The molecule has 2 N–H and O–H groups in total. The number of carboxylic acid groups (broad SMARTS) is 1. The zero-order valence-electron chi connectivity index (χ0n) is 12.1. The Morgan fingerprint density at radius 3 is 2.39 bits per heavy atom. The summed E-state index contributed by atoms with van der Waals surface area (Å²) in [4.78, 5) is 10.6. The summed E-state index contributed by atoms with van der Waals surface area (Å²) >= 11 is 0. The van der Waals surface area contributed by atoms with E-state index in [9.17, 15) is 18.3 Å². The molecule has 0 saturated carbocycles. The van der Waals surface area contributed by atoms with Crippen LogP contribution in [-0.4, -0.2) is 24.6 Å². The maximum atomic E-state index is 12.3. The van der Waals surface area contributed by atoms with E-state index in [0.717, 1.165) is 17.7 Å². The Balaban J connectivity index is 2.40. The van der Waals surface area contributed by atoms with Crippen molar-refractivity contribution in [1.82, 2.24) is 0 Å². The lowest BCUT2D eigenvalue weighted by Crippen LogP contribution is -2.10. The molecule has 0 saturated heterocycles. The first-order valence-corrected chi connectivity index (χ1v) is 7.94. The monoisotopic (exact) mass is 334 g/mol. The Labute approximate surface area is 133 Å². The molecule has 0 heterocycles. The summed E-state index contributed by atoms with van der Waals surface area (Å²) in [6.45, 7) is 1.82. The van der Waals surface area contributed by atoms with Crippen LogP contribution >= 0.6 is 0 Å². The fourth-order valence-corrected chi connectivity index (χ4v) is 2.71. The molecule has 6 nitrogen and oxygen atoms in total. The van der Waals surface area contributed by atoms with E-state index in [1.165, 1.54) is 30.3 Å². The maximum Gasteiger partial charge on any atom is 0.339 e. The molecular formula is C16H14O6S. The minimum absolute atomic E-state index is 0.0420. The van der Waals surface area contributed by atoms with Gasteiger partial charge in [0.2, 0.25) is 0 Å². The van der Waals surface area contributed by atoms with Crippen LogP contribution in [0.1, 0.15) is 11.1 Å². The van der Waals surface area contributed by atoms with Crippen LogP contribution in [-0.2, 0) is 14.9 Å². The summed E-state index contributed by atoms with van der Waals surface area (Å²) < 4.78 is 29.6. The molecule has 2 aromatic carbocycles. The summed E-state index contributed by atoms with van der Waals surface area (Å²) in [6.07, 6.45) is 2.03. The van der Waals surface area contributed by atoms with Gasteiger partial charge < -0.3 is 14.4 Å². The van der Waals surface area contributed by atoms with Gasteiger partial charge in [-0.3, -0.25) is 0 Å². The molecular weight excluding hydrogens is 320 g/mol. The van der Waals surface area contributed by atoms with Crippen LogP contribution in [0.5, 0.6) is 11.5 Å². The SMILES string of the molecule is Cc1ccc(S(=O)(=O)Oc2cc(O)ccc2C=CC(=O)O)cc1. The summed E-state index contributed by atoms with van der Waals surface area (Å²) in [6, 6.07) is 9.82. The zero-order valence-corrected chi connectivity index (χ0v) is 12.9. The van der Waals surface area contributed by atoms with Gasteiger partial charge in [-0.05, 0) is 37.3 Å². The summed E-state index contributed by atoms with van der Waals surface area (Å²) in [5.41, 5.74) is 1.10. The van der Waals surface area contributed by atoms with Crippen molar-refractivity contribution in [2.45, 2.75) is 11.8 Å². The molecule has 7 heteroatoms. The molecule has 0 aliphatic rings. The van der Waals surface area contributed by atoms with Crippen molar-refractivity contribution in [1.29, 1.82) is 0 Å². The van der Waals surface area contributed by atoms with Gasteiger partial charge in [0, 0.05) is 17.7 Å². The quantitative estimate of drug-likeness (QED) is 0.644. The third-order valence-corrected chi connectivity index (χ3v) is 4.16. The van der Waals surface area contributed by atoms with Crippen LogP contribution in [0.15, 0.2) is 53.4 Å². The van der Waals surface area contributed by atoms with Gasteiger partial charge in [0.25, 0.3) is 0 Å². The van der Waals surface area contributed by atoms with E-state index >= 15 is 0 Å². The van der Waals surface area contributed by atoms with Gasteiger partial charge in [0.15, 0.2) is 5.75 Å². The second-order valence-corrected chi connectivity index (χ2v) is 6.29. The lowest BCUT2D eigenvalue weighted by molar-refractivity contribution is -0.131. The maximum absolute atomic E-state index is 12.3. The van der Waals surface area contributed by atoms with Crippen LogP contribution < -0.4 is 4.18 Å². The second kappa shape index (κ2) is 6.53. The molecule has 2 rings (SSSR count). The zero-order chi connectivity index (χ0) is 17.0. The molecule has 0 aliphatic carbocycles. The number of aryl methyl sites for hydroxylation is 1. The fraction of sp³-hybridized carbons (Fsp3) is 0.0625. The van der Waals surface area contributed by atoms with Crippen LogP contribution in [0.25, 0.3) is 6.08 Å². The standard InChI is InChI=1S/C16H14O6S/c1-11-2-7-14(8-3-11)23(20,21)22-15-10-13(17)6-4-12(15)5-9-16(18)19/h2-10,17H,1H3,(H,18,19). The molecule has 0 amide bonds. The number of rotatable bonds is 5. The Morgan fingerprint density at radius 1 is 1.13 bits per heavy atom. The van der Waals surface area contributed by atoms with Crippen LogP contribution in [0, 0.1) is 6.92 Å². The number of benzene rings is 2. The van der Waals surface area contributed by atoms with E-state index in [0.29, 0.717) is 0 Å². The van der Waals surface area contributed by atoms with Crippen molar-refractivity contribution in [2.24, 2.45) is 0 Å². The van der Waals surface area contributed by atoms with Gasteiger partial charge in [-0.15, -0.1) is 0 Å². The molecule has 0 spiro atoms. The first-order valence-electron chi connectivity index (χ1n) is 6.53. The molecule has 0 bridgehead atoms. The van der Waals surface area contributed by atoms with Crippen molar-refractivity contribution < 1.29 is 27.6 Å². The van der Waals surface area contributed by atoms with Crippen molar-refractivity contribution in [2.75, 3.05) is 0 Å². The van der Waals surface area contributed by atoms with Gasteiger partial charge in [-0.25, -0.2) is 4.79 Å². The average molecular weight is 334 g/mol. The number of phenolic OH excluding ortho intramolecular Hbond substituents is 1. The Bertz CT molecular complexity index is 851. The number of carbonyl (C=O) groups is 1. The summed E-state index contributed by atoms with van der Waals surface area (Å²) in [5.74, 6) is -1.56. The highest BCUT2D eigenvalue weighted by Gasteiger charge is 2.18. The predicted octanol–water partition coefficient (Wildman–Crippen LogP) is 2.57. The van der Waals surface area contributed by atoms with Crippen LogP contribution in [0.2, 0.25) is 0 Å². The lowest BCUT2D eigenvalue weighted by atomic mass is 10.2. The third-order valence-electron chi connectivity index (χ3n) is 2.91. The highest BCUT2D eigenvalue weighted by Crippen LogP contribution is 2.28. The predicted molar refractivity (Wildman–Crippen MR) is 83.8 cm³/mol. The minimum Gasteiger partial charge on any atom is -0.508 e. The summed E-state index contributed by atoms with van der Waals surface area (Å²) in [5, 5.41) is 18.2. The number of hydrogen-bond donors (Lipinski definition) is 2. The Hall–Kier alpha value is -2.80. The van der Waals surface area contributed by atoms with E-state index in [-0.39, 0.29) is 22.0 Å². The molecule has 0 aliphatic heterocycles. The van der Waals surface area contributed by atoms with E-state index < -0.39 is 16.1 Å². The van der Waals surface area contributed by atoms with Crippen molar-refractivity contribution in [3.8, 4) is 11.5 Å². The Morgan fingerprint density at radius 2 is 1.78 bits per heavy atom. The topological polar surface area (TPSA) is 101 Å². The van der Waals surface area contributed by atoms with Gasteiger partial charge in [0.1, 0.15) is 10.6 Å². The molecule has 0 unspecified atom stereocenters. The van der Waals surface area contributed by atoms with Gasteiger partial charge >= 0.3 is 16.1 Å². The third kappa shape index (κ3) is 4.33. The average Bonchev–Trinajstić information content (AvgIpc) is 2.46. The number of aromatic hydroxyl groups is 1. The van der Waals surface area contributed by atoms with Gasteiger partial charge in [-0.2, -0.15) is 8.42 Å². The fourth-order valence-electron chi connectivity index (χ4n) is 1.77. The number of hydrogen-bond acceptors (Lipinski definition) is 5. The normalized spacial score (nSPS) is 11.5. The number of carboxylic acids is 1. The van der Waals surface area contributed by atoms with Gasteiger partial charge in [-0.1, -0.05) is 17.7 Å². The minimum atomic E-state index is -4.10. The van der Waals surface area contributed by atoms with Crippen molar-refractivity contribution in [3.63, 3.8) is 0 Å². The van der Waals surface area contributed by atoms with Crippen LogP contribution in [0.4, 0.5) is 0 Å². The smallest absolute Gasteiger partial charge is 0.339 e. The molecule has 0 aromatic heterocycles. The molecule has 0 fully saturated rings. The van der Waals surface area contributed by atoms with E-state index in [1.807, 2.05) is 6.92 Å². The van der Waals surface area contributed by atoms with Crippen molar-refractivity contribution in [3.05, 3.63) is 59.7 Å². The van der Waals surface area contributed by atoms with Gasteiger partial charge in [0.05, 0.1) is 0 Å². The van der Waals surface area contributed by atoms with E-state index in [1.54, 1.807) is 12.1 Å². The summed E-state index contributed by atoms with van der Waals surface area (Å²) in [7, 11) is -4.10. The lowest BCUT2D eigenvalue weighted by Gasteiger charge is -2.10. The Kier molecular flexibility index (Phi) is 4.71. The molecule has 2 aromatic rings. The van der Waals surface area contributed by atoms with E-state index in [4.69, 9.17) is 9.29 Å². The molecule has 23 heavy (non-hydrogen) atoms. The molecule has 0 atom stereocenters. The molecule has 120 valence electrons. The van der Waals surface area contributed by atoms with E-state index in [2.05, 4.69) is 0 Å². The number of aliphatic carboxylic acids is 1. The first kappa shape index (κ1) is 16.6. The second-order valence-electron chi connectivity index (χ2n) is 4.74. The highest BCUT2D eigenvalue weighted by molar-refractivity contribution is 7.87. The largest absolute Gasteiger partial charge is 0.508 e. The first-order chi connectivity index (χ1) is 10.8.